The van der Waals surface area contributed by atoms with Gasteiger partial charge >= 0.3 is 12.1 Å². The van der Waals surface area contributed by atoms with Gasteiger partial charge < -0.3 is 25.4 Å². The van der Waals surface area contributed by atoms with Crippen molar-refractivity contribution in [2.24, 2.45) is 0 Å². The molecular weight excluding hydrogens is 330 g/mol. The van der Waals surface area contributed by atoms with E-state index in [1.54, 1.807) is 27.7 Å². The first-order valence-corrected chi connectivity index (χ1v) is 8.13. The first-order valence-electron chi connectivity index (χ1n) is 8.13. The Morgan fingerprint density at radius 3 is 2.52 bits per heavy atom. The average molecular weight is 357 g/mol. The Bertz CT molecular complexity index is 542. The summed E-state index contributed by atoms with van der Waals surface area (Å²) in [5.74, 6) is -1.54. The van der Waals surface area contributed by atoms with Crippen LogP contribution in [-0.4, -0.2) is 54.7 Å². The van der Waals surface area contributed by atoms with Crippen molar-refractivity contribution in [3.8, 4) is 0 Å². The van der Waals surface area contributed by atoms with Gasteiger partial charge in [0.05, 0.1) is 7.11 Å². The van der Waals surface area contributed by atoms with E-state index in [9.17, 15) is 19.2 Å². The zero-order valence-electron chi connectivity index (χ0n) is 15.4. The van der Waals surface area contributed by atoms with Crippen molar-refractivity contribution in [3.63, 3.8) is 0 Å². The van der Waals surface area contributed by atoms with Crippen LogP contribution >= 0.6 is 0 Å². The maximum atomic E-state index is 12.4. The second-order valence-electron chi connectivity index (χ2n) is 7.17. The van der Waals surface area contributed by atoms with Gasteiger partial charge in [0, 0.05) is 0 Å². The van der Waals surface area contributed by atoms with Crippen LogP contribution in [0.15, 0.2) is 0 Å². The fraction of sp³-hybridized carbons (Fsp3) is 0.750. The summed E-state index contributed by atoms with van der Waals surface area (Å²) < 4.78 is 9.61. The molecular formula is C16H27N3O6. The van der Waals surface area contributed by atoms with E-state index in [4.69, 9.17) is 4.74 Å². The Labute approximate surface area is 147 Å². The molecule has 0 aromatic heterocycles. The van der Waals surface area contributed by atoms with Crippen molar-refractivity contribution < 1.29 is 28.7 Å². The molecule has 0 bridgehead atoms. The minimum absolute atomic E-state index is 0.277. The molecule has 1 aliphatic rings. The molecule has 0 aromatic carbocycles. The first kappa shape index (κ1) is 20.7. The molecule has 0 radical (unpaired) electrons. The van der Waals surface area contributed by atoms with Gasteiger partial charge in [-0.05, 0) is 47.0 Å². The minimum Gasteiger partial charge on any atom is -0.468 e. The largest absolute Gasteiger partial charge is 0.468 e. The molecule has 1 heterocycles. The van der Waals surface area contributed by atoms with E-state index in [-0.39, 0.29) is 6.54 Å². The molecule has 1 rings (SSSR count). The summed E-state index contributed by atoms with van der Waals surface area (Å²) in [6, 6.07) is -0.787. The number of carbonyl (C=O) groups is 4. The third-order valence-corrected chi connectivity index (χ3v) is 3.70. The summed E-state index contributed by atoms with van der Waals surface area (Å²) >= 11 is 0. The Hall–Kier alpha value is -2.32. The van der Waals surface area contributed by atoms with Crippen molar-refractivity contribution in [1.29, 1.82) is 0 Å². The van der Waals surface area contributed by atoms with E-state index >= 15 is 0 Å². The van der Waals surface area contributed by atoms with Crippen LogP contribution in [-0.2, 0) is 23.9 Å². The first-order chi connectivity index (χ1) is 11.5. The lowest BCUT2D eigenvalue weighted by molar-refractivity contribution is -0.142. The maximum absolute atomic E-state index is 12.4. The molecule has 0 aromatic rings. The van der Waals surface area contributed by atoms with Gasteiger partial charge in [-0.3, -0.25) is 14.4 Å². The lowest BCUT2D eigenvalue weighted by Crippen LogP contribution is -2.59. The highest BCUT2D eigenvalue weighted by Crippen LogP contribution is 2.20. The van der Waals surface area contributed by atoms with Crippen LogP contribution in [0.25, 0.3) is 0 Å². The second kappa shape index (κ2) is 8.17. The van der Waals surface area contributed by atoms with E-state index in [1.807, 2.05) is 0 Å². The summed E-state index contributed by atoms with van der Waals surface area (Å²) in [5, 5.41) is 7.60. The highest BCUT2D eigenvalue weighted by Gasteiger charge is 2.39. The Balaban J connectivity index is 2.68. The van der Waals surface area contributed by atoms with E-state index < -0.39 is 41.1 Å². The minimum atomic E-state index is -1.17. The Morgan fingerprint density at radius 1 is 1.32 bits per heavy atom. The van der Waals surface area contributed by atoms with Gasteiger partial charge in [-0.1, -0.05) is 0 Å². The Kier molecular flexibility index (Phi) is 6.78. The SMILES string of the molecule is COC(=O)CNC(=O)[C@]1(C)CCC[C@@H](NC(=O)OC(C)(C)C)C(=O)N1. The molecule has 3 N–H and O–H groups in total. The number of methoxy groups -OCH3 is 1. The maximum Gasteiger partial charge on any atom is 0.408 e. The van der Waals surface area contributed by atoms with Crippen LogP contribution in [0.5, 0.6) is 0 Å². The molecule has 25 heavy (non-hydrogen) atoms. The molecule has 1 aliphatic heterocycles. The molecule has 2 atom stereocenters. The standard InChI is InChI=1S/C16H27N3O6/c1-15(2,3)25-14(23)18-10-7-6-8-16(4,19-12(10)21)13(22)17-9-11(20)24-5/h10H,6-9H2,1-5H3,(H,17,22)(H,18,23)(H,19,21)/t10-,16+/m1/s1. The van der Waals surface area contributed by atoms with Crippen LogP contribution in [0.3, 0.4) is 0 Å². The monoisotopic (exact) mass is 357 g/mol. The quantitative estimate of drug-likeness (QED) is 0.619. The molecule has 1 fully saturated rings. The normalized spacial score (nSPS) is 23.7. The highest BCUT2D eigenvalue weighted by atomic mass is 16.6. The number of ether oxygens (including phenoxy) is 2. The molecule has 9 heteroatoms. The van der Waals surface area contributed by atoms with Crippen LogP contribution in [0.1, 0.15) is 47.0 Å². The predicted molar refractivity (Wildman–Crippen MR) is 88.6 cm³/mol. The van der Waals surface area contributed by atoms with Crippen LogP contribution in [0, 0.1) is 0 Å². The molecule has 1 saturated heterocycles. The van der Waals surface area contributed by atoms with Crippen LogP contribution < -0.4 is 16.0 Å². The smallest absolute Gasteiger partial charge is 0.408 e. The van der Waals surface area contributed by atoms with Gasteiger partial charge in [-0.25, -0.2) is 4.79 Å². The zero-order valence-corrected chi connectivity index (χ0v) is 15.4. The second-order valence-corrected chi connectivity index (χ2v) is 7.17. The van der Waals surface area contributed by atoms with E-state index in [1.165, 1.54) is 7.11 Å². The number of alkyl carbamates (subject to hydrolysis) is 1. The van der Waals surface area contributed by atoms with Gasteiger partial charge in [0.1, 0.15) is 23.7 Å². The number of amides is 3. The molecule has 142 valence electrons. The number of hydrogen-bond donors (Lipinski definition) is 3. The van der Waals surface area contributed by atoms with Crippen LogP contribution in [0.4, 0.5) is 4.79 Å². The number of rotatable bonds is 4. The van der Waals surface area contributed by atoms with Crippen molar-refractivity contribution in [1.82, 2.24) is 16.0 Å². The molecule has 0 saturated carbocycles. The van der Waals surface area contributed by atoms with Gasteiger partial charge in [-0.2, -0.15) is 0 Å². The van der Waals surface area contributed by atoms with Crippen LogP contribution in [0.2, 0.25) is 0 Å². The van der Waals surface area contributed by atoms with Crippen molar-refractivity contribution in [2.75, 3.05) is 13.7 Å². The summed E-state index contributed by atoms with van der Waals surface area (Å²) in [7, 11) is 1.22. The summed E-state index contributed by atoms with van der Waals surface area (Å²) in [6.07, 6.45) is 0.594. The molecule has 9 nitrogen and oxygen atoms in total. The van der Waals surface area contributed by atoms with E-state index in [2.05, 4.69) is 20.7 Å². The third-order valence-electron chi connectivity index (χ3n) is 3.70. The molecule has 0 aliphatic carbocycles. The third kappa shape index (κ3) is 6.60. The van der Waals surface area contributed by atoms with Gasteiger partial charge in [-0.15, -0.1) is 0 Å². The Morgan fingerprint density at radius 2 is 1.96 bits per heavy atom. The summed E-state index contributed by atoms with van der Waals surface area (Å²) in [6.45, 7) is 6.47. The predicted octanol–water partition coefficient (Wildman–Crippen LogP) is 0.228. The lowest BCUT2D eigenvalue weighted by atomic mass is 9.95. The van der Waals surface area contributed by atoms with Crippen molar-refractivity contribution in [2.45, 2.75) is 64.1 Å². The number of hydrogen-bond acceptors (Lipinski definition) is 6. The fourth-order valence-electron chi connectivity index (χ4n) is 2.39. The molecule has 0 spiro atoms. The van der Waals surface area contributed by atoms with E-state index in [0.717, 1.165) is 0 Å². The highest BCUT2D eigenvalue weighted by molar-refractivity contribution is 5.95. The lowest BCUT2D eigenvalue weighted by Gasteiger charge is -2.28. The number of carbonyl (C=O) groups excluding carboxylic acids is 4. The summed E-state index contributed by atoms with van der Waals surface area (Å²) in [5.41, 5.74) is -1.84. The fourth-order valence-corrected chi connectivity index (χ4v) is 2.39. The topological polar surface area (TPSA) is 123 Å². The average Bonchev–Trinajstić information content (AvgIpc) is 2.62. The van der Waals surface area contributed by atoms with Crippen molar-refractivity contribution >= 4 is 23.9 Å². The number of esters is 1. The van der Waals surface area contributed by atoms with Gasteiger partial charge in [0.15, 0.2) is 0 Å². The zero-order chi connectivity index (χ0) is 19.3. The molecule has 0 unspecified atom stereocenters. The van der Waals surface area contributed by atoms with E-state index in [0.29, 0.717) is 19.3 Å². The van der Waals surface area contributed by atoms with Gasteiger partial charge in [0.25, 0.3) is 0 Å². The number of nitrogens with one attached hydrogen (secondary N) is 3. The summed E-state index contributed by atoms with van der Waals surface area (Å²) in [4.78, 5) is 47.7. The molecule has 3 amide bonds. The van der Waals surface area contributed by atoms with Gasteiger partial charge in [0.2, 0.25) is 11.8 Å². The van der Waals surface area contributed by atoms with Crippen molar-refractivity contribution in [3.05, 3.63) is 0 Å².